The van der Waals surface area contributed by atoms with Crippen LogP contribution in [0.25, 0.3) is 0 Å². The standard InChI is InChI=1S/C11H12O3/c1-7-6-10(8(2)12)4-5-11(7)14-9(3)13/h4-6H,1-3H3. The summed E-state index contributed by atoms with van der Waals surface area (Å²) in [7, 11) is 0. The molecule has 0 aromatic heterocycles. The molecule has 0 saturated carbocycles. The highest BCUT2D eigenvalue weighted by Gasteiger charge is 2.05. The van der Waals surface area contributed by atoms with Crippen LogP contribution in [-0.4, -0.2) is 11.8 Å². The molecule has 0 N–H and O–H groups in total. The molecule has 0 amide bonds. The van der Waals surface area contributed by atoms with Gasteiger partial charge in [-0.2, -0.15) is 0 Å². The van der Waals surface area contributed by atoms with Crippen molar-refractivity contribution in [3.05, 3.63) is 29.3 Å². The number of carbonyl (C=O) groups is 2. The molecule has 74 valence electrons. The fraction of sp³-hybridized carbons (Fsp3) is 0.273. The molecular formula is C11H12O3. The number of benzene rings is 1. The van der Waals surface area contributed by atoms with Crippen molar-refractivity contribution in [2.24, 2.45) is 0 Å². The zero-order valence-corrected chi connectivity index (χ0v) is 8.46. The maximum atomic E-state index is 11.0. The number of ether oxygens (including phenoxy) is 1. The van der Waals surface area contributed by atoms with Gasteiger partial charge in [-0.15, -0.1) is 0 Å². The van der Waals surface area contributed by atoms with Gasteiger partial charge in [0.2, 0.25) is 0 Å². The maximum absolute atomic E-state index is 11.0. The van der Waals surface area contributed by atoms with Gasteiger partial charge in [-0.25, -0.2) is 0 Å². The largest absolute Gasteiger partial charge is 0.426 e. The van der Waals surface area contributed by atoms with Crippen molar-refractivity contribution in [3.63, 3.8) is 0 Å². The molecule has 0 heterocycles. The van der Waals surface area contributed by atoms with Crippen molar-refractivity contribution >= 4 is 11.8 Å². The molecule has 1 rings (SSSR count). The molecule has 3 nitrogen and oxygen atoms in total. The number of rotatable bonds is 2. The van der Waals surface area contributed by atoms with Gasteiger partial charge in [0.05, 0.1) is 0 Å². The molecule has 0 bridgehead atoms. The van der Waals surface area contributed by atoms with Gasteiger partial charge >= 0.3 is 5.97 Å². The van der Waals surface area contributed by atoms with E-state index in [9.17, 15) is 9.59 Å². The molecule has 1 aromatic rings. The van der Waals surface area contributed by atoms with Gasteiger partial charge in [0.25, 0.3) is 0 Å². The first-order chi connectivity index (χ1) is 6.50. The van der Waals surface area contributed by atoms with Gasteiger partial charge in [0, 0.05) is 12.5 Å². The van der Waals surface area contributed by atoms with E-state index < -0.39 is 0 Å². The fourth-order valence-electron chi connectivity index (χ4n) is 1.14. The first-order valence-electron chi connectivity index (χ1n) is 4.30. The SMILES string of the molecule is CC(=O)Oc1ccc(C(C)=O)cc1C. The zero-order valence-electron chi connectivity index (χ0n) is 8.46. The summed E-state index contributed by atoms with van der Waals surface area (Å²) in [5.74, 6) is 0.147. The van der Waals surface area contributed by atoms with Crippen LogP contribution in [0.3, 0.4) is 0 Å². The van der Waals surface area contributed by atoms with Crippen LogP contribution in [0, 0.1) is 6.92 Å². The molecule has 0 aliphatic heterocycles. The Kier molecular flexibility index (Phi) is 3.02. The van der Waals surface area contributed by atoms with E-state index in [1.807, 2.05) is 0 Å². The molecule has 0 unspecified atom stereocenters. The van der Waals surface area contributed by atoms with Gasteiger partial charge < -0.3 is 4.74 Å². The first-order valence-corrected chi connectivity index (χ1v) is 4.30. The van der Waals surface area contributed by atoms with Crippen LogP contribution >= 0.6 is 0 Å². The van der Waals surface area contributed by atoms with Crippen molar-refractivity contribution in [2.75, 3.05) is 0 Å². The third-order valence-corrected chi connectivity index (χ3v) is 1.84. The summed E-state index contributed by atoms with van der Waals surface area (Å²) in [6.45, 7) is 4.64. The van der Waals surface area contributed by atoms with E-state index in [1.165, 1.54) is 13.8 Å². The van der Waals surface area contributed by atoms with Crippen LogP contribution in [0.4, 0.5) is 0 Å². The minimum atomic E-state index is -0.358. The highest BCUT2D eigenvalue weighted by atomic mass is 16.5. The van der Waals surface area contributed by atoms with Crippen molar-refractivity contribution in [1.82, 2.24) is 0 Å². The quantitative estimate of drug-likeness (QED) is 0.409. The Morgan fingerprint density at radius 3 is 2.29 bits per heavy atom. The maximum Gasteiger partial charge on any atom is 0.308 e. The molecule has 14 heavy (non-hydrogen) atoms. The highest BCUT2D eigenvalue weighted by molar-refractivity contribution is 5.94. The molecule has 0 saturated heterocycles. The second-order valence-electron chi connectivity index (χ2n) is 3.13. The van der Waals surface area contributed by atoms with Gasteiger partial charge in [-0.05, 0) is 37.6 Å². The van der Waals surface area contributed by atoms with E-state index in [1.54, 1.807) is 25.1 Å². The lowest BCUT2D eigenvalue weighted by Crippen LogP contribution is -2.03. The lowest BCUT2D eigenvalue weighted by molar-refractivity contribution is -0.131. The first kappa shape index (κ1) is 10.4. The summed E-state index contributed by atoms with van der Waals surface area (Å²) in [4.78, 5) is 21.7. The van der Waals surface area contributed by atoms with Gasteiger partial charge in [0.15, 0.2) is 5.78 Å². The van der Waals surface area contributed by atoms with Crippen LogP contribution in [0.5, 0.6) is 5.75 Å². The average Bonchev–Trinajstić information content (AvgIpc) is 2.07. The van der Waals surface area contributed by atoms with Crippen molar-refractivity contribution < 1.29 is 14.3 Å². The predicted octanol–water partition coefficient (Wildman–Crippen LogP) is 2.12. The van der Waals surface area contributed by atoms with Crippen molar-refractivity contribution in [1.29, 1.82) is 0 Å². The predicted molar refractivity (Wildman–Crippen MR) is 52.5 cm³/mol. The Morgan fingerprint density at radius 1 is 1.21 bits per heavy atom. The van der Waals surface area contributed by atoms with Gasteiger partial charge in [-0.1, -0.05) is 0 Å². The summed E-state index contributed by atoms with van der Waals surface area (Å²) in [5, 5.41) is 0. The Morgan fingerprint density at radius 2 is 1.86 bits per heavy atom. The Bertz CT molecular complexity index is 380. The topological polar surface area (TPSA) is 43.4 Å². The van der Waals surface area contributed by atoms with Crippen LogP contribution < -0.4 is 4.74 Å². The Labute approximate surface area is 82.7 Å². The summed E-state index contributed by atoms with van der Waals surface area (Å²) < 4.78 is 4.93. The van der Waals surface area contributed by atoms with E-state index in [4.69, 9.17) is 4.74 Å². The monoisotopic (exact) mass is 192 g/mol. The normalized spacial score (nSPS) is 9.64. The van der Waals surface area contributed by atoms with Crippen LogP contribution in [-0.2, 0) is 4.79 Å². The number of carbonyl (C=O) groups excluding carboxylic acids is 2. The lowest BCUT2D eigenvalue weighted by Gasteiger charge is -2.05. The number of ketones is 1. The fourth-order valence-corrected chi connectivity index (χ4v) is 1.14. The van der Waals surface area contributed by atoms with Crippen LogP contribution in [0.2, 0.25) is 0 Å². The van der Waals surface area contributed by atoms with Gasteiger partial charge in [-0.3, -0.25) is 9.59 Å². The molecule has 1 aromatic carbocycles. The number of hydrogen-bond donors (Lipinski definition) is 0. The molecular weight excluding hydrogens is 180 g/mol. The van der Waals surface area contributed by atoms with E-state index in [0.717, 1.165) is 5.56 Å². The van der Waals surface area contributed by atoms with E-state index in [2.05, 4.69) is 0 Å². The second kappa shape index (κ2) is 4.05. The van der Waals surface area contributed by atoms with E-state index in [-0.39, 0.29) is 11.8 Å². The van der Waals surface area contributed by atoms with Gasteiger partial charge in [0.1, 0.15) is 5.75 Å². The minimum absolute atomic E-state index is 0.00229. The summed E-state index contributed by atoms with van der Waals surface area (Å²) in [6, 6.07) is 4.99. The van der Waals surface area contributed by atoms with Crippen LogP contribution in [0.1, 0.15) is 29.8 Å². The van der Waals surface area contributed by atoms with E-state index >= 15 is 0 Å². The molecule has 0 spiro atoms. The molecule has 0 atom stereocenters. The minimum Gasteiger partial charge on any atom is -0.426 e. The summed E-state index contributed by atoms with van der Waals surface area (Å²) >= 11 is 0. The summed E-state index contributed by atoms with van der Waals surface area (Å²) in [6.07, 6.45) is 0. The molecule has 3 heteroatoms. The van der Waals surface area contributed by atoms with Crippen LogP contribution in [0.15, 0.2) is 18.2 Å². The van der Waals surface area contributed by atoms with Crippen molar-refractivity contribution in [3.8, 4) is 5.75 Å². The Hall–Kier alpha value is -1.64. The molecule has 0 aliphatic carbocycles. The Balaban J connectivity index is 3.01. The smallest absolute Gasteiger partial charge is 0.308 e. The number of Topliss-reactive ketones (excluding diaryl/α,β-unsaturated/α-hetero) is 1. The highest BCUT2D eigenvalue weighted by Crippen LogP contribution is 2.19. The number of hydrogen-bond acceptors (Lipinski definition) is 3. The van der Waals surface area contributed by atoms with E-state index in [0.29, 0.717) is 11.3 Å². The second-order valence-corrected chi connectivity index (χ2v) is 3.13. The average molecular weight is 192 g/mol. The lowest BCUT2D eigenvalue weighted by atomic mass is 10.1. The third-order valence-electron chi connectivity index (χ3n) is 1.84. The number of esters is 1. The third kappa shape index (κ3) is 2.42. The molecule has 0 fully saturated rings. The van der Waals surface area contributed by atoms with Crippen molar-refractivity contribution in [2.45, 2.75) is 20.8 Å². The molecule has 0 radical (unpaired) electrons. The summed E-state index contributed by atoms with van der Waals surface area (Å²) in [5.41, 5.74) is 1.41. The molecule has 0 aliphatic rings. The zero-order chi connectivity index (χ0) is 10.7. The number of aryl methyl sites for hydroxylation is 1.